The van der Waals surface area contributed by atoms with E-state index in [0.717, 1.165) is 42.9 Å². The topological polar surface area (TPSA) is 51.4 Å². The highest BCUT2D eigenvalue weighted by Crippen LogP contribution is 2.29. The summed E-state index contributed by atoms with van der Waals surface area (Å²) in [7, 11) is 1.63. The maximum Gasteiger partial charge on any atom is 0.231 e. The number of likely N-dealkylation sites (tertiary alicyclic amines) is 1. The van der Waals surface area contributed by atoms with Crippen LogP contribution >= 0.6 is 0 Å². The summed E-state index contributed by atoms with van der Waals surface area (Å²) in [6, 6.07) is 14.4. The Bertz CT molecular complexity index is 896. The number of methoxy groups -OCH3 is 1. The number of hydrogen-bond donors (Lipinski definition) is 0. The predicted octanol–water partition coefficient (Wildman–Crippen LogP) is 3.87. The van der Waals surface area contributed by atoms with E-state index in [1.165, 1.54) is 6.07 Å². The number of hydrogen-bond acceptors (Lipinski definition) is 5. The monoisotopic (exact) mass is 353 g/mol. The van der Waals surface area contributed by atoms with Crippen LogP contribution < -0.4 is 4.74 Å². The van der Waals surface area contributed by atoms with Gasteiger partial charge in [-0.05, 0) is 42.8 Å². The van der Waals surface area contributed by atoms with Crippen molar-refractivity contribution >= 4 is 0 Å². The molecule has 1 aliphatic rings. The van der Waals surface area contributed by atoms with Crippen molar-refractivity contribution in [1.82, 2.24) is 15.0 Å². The SMILES string of the molecule is COc1cccc(-c2noc(C3CCN(Cc4cccc(F)c4)C3)n2)c1. The van der Waals surface area contributed by atoms with Gasteiger partial charge in [-0.15, -0.1) is 0 Å². The maximum absolute atomic E-state index is 13.3. The third-order valence-electron chi connectivity index (χ3n) is 4.69. The van der Waals surface area contributed by atoms with E-state index in [1.54, 1.807) is 19.2 Å². The smallest absolute Gasteiger partial charge is 0.231 e. The molecule has 26 heavy (non-hydrogen) atoms. The lowest BCUT2D eigenvalue weighted by Gasteiger charge is -2.15. The molecule has 6 heteroatoms. The summed E-state index contributed by atoms with van der Waals surface area (Å²) in [5.74, 6) is 2.00. The van der Waals surface area contributed by atoms with Gasteiger partial charge >= 0.3 is 0 Å². The van der Waals surface area contributed by atoms with Crippen LogP contribution in [0.25, 0.3) is 11.4 Å². The molecule has 0 amide bonds. The van der Waals surface area contributed by atoms with E-state index in [4.69, 9.17) is 9.26 Å². The van der Waals surface area contributed by atoms with Crippen LogP contribution in [0.2, 0.25) is 0 Å². The molecule has 1 aromatic heterocycles. The molecule has 4 rings (SSSR count). The molecule has 1 unspecified atom stereocenters. The van der Waals surface area contributed by atoms with E-state index in [1.807, 2.05) is 30.3 Å². The van der Waals surface area contributed by atoms with E-state index in [9.17, 15) is 4.39 Å². The first-order chi connectivity index (χ1) is 12.7. The van der Waals surface area contributed by atoms with Gasteiger partial charge in [0.15, 0.2) is 0 Å². The fourth-order valence-electron chi connectivity index (χ4n) is 3.35. The number of rotatable bonds is 5. The molecular weight excluding hydrogens is 333 g/mol. The molecule has 3 aromatic rings. The molecule has 0 bridgehead atoms. The fraction of sp³-hybridized carbons (Fsp3) is 0.300. The van der Waals surface area contributed by atoms with Gasteiger partial charge in [-0.2, -0.15) is 4.98 Å². The highest BCUT2D eigenvalue weighted by molar-refractivity contribution is 5.56. The van der Waals surface area contributed by atoms with Crippen LogP contribution in [-0.4, -0.2) is 35.2 Å². The summed E-state index contributed by atoms with van der Waals surface area (Å²) in [5, 5.41) is 4.12. The second-order valence-corrected chi connectivity index (χ2v) is 6.54. The van der Waals surface area contributed by atoms with Crippen LogP contribution in [0.4, 0.5) is 4.39 Å². The van der Waals surface area contributed by atoms with Crippen LogP contribution in [0.3, 0.4) is 0 Å². The molecule has 0 saturated carbocycles. The van der Waals surface area contributed by atoms with Gasteiger partial charge < -0.3 is 9.26 Å². The average Bonchev–Trinajstić information content (AvgIpc) is 3.31. The van der Waals surface area contributed by atoms with E-state index in [-0.39, 0.29) is 11.7 Å². The molecule has 2 heterocycles. The second-order valence-electron chi connectivity index (χ2n) is 6.54. The lowest BCUT2D eigenvalue weighted by atomic mass is 10.1. The molecule has 2 aromatic carbocycles. The lowest BCUT2D eigenvalue weighted by molar-refractivity contribution is 0.309. The standard InChI is InChI=1S/C20H20FN3O2/c1-25-18-7-3-5-15(11-18)19-22-20(26-23-19)16-8-9-24(13-16)12-14-4-2-6-17(21)10-14/h2-7,10-11,16H,8-9,12-13H2,1H3. The van der Waals surface area contributed by atoms with Gasteiger partial charge in [0.25, 0.3) is 0 Å². The minimum atomic E-state index is -0.196. The van der Waals surface area contributed by atoms with E-state index < -0.39 is 0 Å². The van der Waals surface area contributed by atoms with Gasteiger partial charge in [0.1, 0.15) is 11.6 Å². The number of benzene rings is 2. The van der Waals surface area contributed by atoms with Crippen LogP contribution in [0, 0.1) is 5.82 Å². The molecule has 0 aliphatic carbocycles. The Labute approximate surface area is 151 Å². The zero-order valence-corrected chi connectivity index (χ0v) is 14.6. The molecule has 1 aliphatic heterocycles. The third-order valence-corrected chi connectivity index (χ3v) is 4.69. The number of nitrogens with zero attached hydrogens (tertiary/aromatic N) is 3. The Morgan fingerprint density at radius 3 is 2.96 bits per heavy atom. The van der Waals surface area contributed by atoms with Crippen LogP contribution in [-0.2, 0) is 6.54 Å². The van der Waals surface area contributed by atoms with Gasteiger partial charge in [-0.1, -0.05) is 29.4 Å². The lowest BCUT2D eigenvalue weighted by Crippen LogP contribution is -2.19. The first-order valence-corrected chi connectivity index (χ1v) is 8.66. The van der Waals surface area contributed by atoms with Gasteiger partial charge in [0.2, 0.25) is 11.7 Å². The summed E-state index contributed by atoms with van der Waals surface area (Å²) in [5.41, 5.74) is 1.85. The first kappa shape index (κ1) is 16.7. The Morgan fingerprint density at radius 2 is 2.12 bits per heavy atom. The van der Waals surface area contributed by atoms with Crippen LogP contribution in [0.15, 0.2) is 53.1 Å². The minimum absolute atomic E-state index is 0.196. The normalized spacial score (nSPS) is 17.5. The summed E-state index contributed by atoms with van der Waals surface area (Å²) in [6.07, 6.45) is 0.953. The Kier molecular flexibility index (Phi) is 4.67. The Hall–Kier alpha value is -2.73. The van der Waals surface area contributed by atoms with Crippen molar-refractivity contribution in [3.63, 3.8) is 0 Å². The highest BCUT2D eigenvalue weighted by atomic mass is 19.1. The van der Waals surface area contributed by atoms with Crippen LogP contribution in [0.1, 0.15) is 23.8 Å². The summed E-state index contributed by atoms with van der Waals surface area (Å²) in [6.45, 7) is 2.49. The maximum atomic E-state index is 13.3. The fourth-order valence-corrected chi connectivity index (χ4v) is 3.35. The Balaban J connectivity index is 1.43. The average molecular weight is 353 g/mol. The summed E-state index contributed by atoms with van der Waals surface area (Å²) < 4.78 is 24.1. The molecule has 0 radical (unpaired) electrons. The number of ether oxygens (including phenoxy) is 1. The van der Waals surface area contributed by atoms with E-state index >= 15 is 0 Å². The zero-order chi connectivity index (χ0) is 17.9. The highest BCUT2D eigenvalue weighted by Gasteiger charge is 2.28. The molecule has 0 N–H and O–H groups in total. The van der Waals surface area contributed by atoms with Crippen molar-refractivity contribution in [2.45, 2.75) is 18.9 Å². The van der Waals surface area contributed by atoms with Crippen molar-refractivity contribution in [2.24, 2.45) is 0 Å². The van der Waals surface area contributed by atoms with Gasteiger partial charge in [-0.3, -0.25) is 4.90 Å². The molecule has 1 atom stereocenters. The number of halogens is 1. The van der Waals surface area contributed by atoms with E-state index in [0.29, 0.717) is 11.7 Å². The number of aromatic nitrogens is 2. The quantitative estimate of drug-likeness (QED) is 0.697. The summed E-state index contributed by atoms with van der Waals surface area (Å²) in [4.78, 5) is 6.86. The zero-order valence-electron chi connectivity index (χ0n) is 14.6. The molecule has 1 saturated heterocycles. The Morgan fingerprint density at radius 1 is 1.23 bits per heavy atom. The van der Waals surface area contributed by atoms with Gasteiger partial charge in [0, 0.05) is 18.7 Å². The molecule has 1 fully saturated rings. The first-order valence-electron chi connectivity index (χ1n) is 8.66. The van der Waals surface area contributed by atoms with Crippen molar-refractivity contribution in [3.8, 4) is 17.1 Å². The summed E-state index contributed by atoms with van der Waals surface area (Å²) >= 11 is 0. The predicted molar refractivity (Wildman–Crippen MR) is 95.3 cm³/mol. The molecule has 134 valence electrons. The van der Waals surface area contributed by atoms with Crippen molar-refractivity contribution < 1.29 is 13.7 Å². The van der Waals surface area contributed by atoms with E-state index in [2.05, 4.69) is 15.0 Å². The largest absolute Gasteiger partial charge is 0.497 e. The van der Waals surface area contributed by atoms with Crippen molar-refractivity contribution in [1.29, 1.82) is 0 Å². The van der Waals surface area contributed by atoms with Gasteiger partial charge in [0.05, 0.1) is 13.0 Å². The molecular formula is C20H20FN3O2. The minimum Gasteiger partial charge on any atom is -0.497 e. The molecule has 5 nitrogen and oxygen atoms in total. The third kappa shape index (κ3) is 3.60. The molecule has 0 spiro atoms. The second kappa shape index (κ2) is 7.25. The van der Waals surface area contributed by atoms with Gasteiger partial charge in [-0.25, -0.2) is 4.39 Å². The van der Waals surface area contributed by atoms with Crippen molar-refractivity contribution in [2.75, 3.05) is 20.2 Å². The van der Waals surface area contributed by atoms with Crippen LogP contribution in [0.5, 0.6) is 5.75 Å². The van der Waals surface area contributed by atoms with Crippen molar-refractivity contribution in [3.05, 3.63) is 65.8 Å².